The van der Waals surface area contributed by atoms with Crippen molar-refractivity contribution in [2.24, 2.45) is 11.7 Å². The van der Waals surface area contributed by atoms with Gasteiger partial charge < -0.3 is 15.2 Å². The van der Waals surface area contributed by atoms with Crippen molar-refractivity contribution < 1.29 is 23.5 Å². The van der Waals surface area contributed by atoms with Crippen LogP contribution in [-0.4, -0.2) is 25.6 Å². The van der Waals surface area contributed by atoms with Crippen molar-refractivity contribution in [2.45, 2.75) is 51.9 Å². The lowest BCUT2D eigenvalue weighted by atomic mass is 10.0. The Bertz CT molecular complexity index is 562. The van der Waals surface area contributed by atoms with Crippen molar-refractivity contribution in [1.82, 2.24) is 0 Å². The van der Waals surface area contributed by atoms with E-state index in [-0.39, 0.29) is 29.4 Å². The van der Waals surface area contributed by atoms with Gasteiger partial charge in [-0.2, -0.15) is 0 Å². The first-order valence-corrected chi connectivity index (χ1v) is 8.69. The second kappa shape index (κ2) is 11.4. The molecule has 0 aliphatic heterocycles. The number of benzene rings is 1. The molecule has 0 saturated carbocycles. The van der Waals surface area contributed by atoms with E-state index in [0.717, 1.165) is 19.3 Å². The Morgan fingerprint density at radius 3 is 2.64 bits per heavy atom. The minimum absolute atomic E-state index is 0.119. The number of carbonyl (C=O) groups is 2. The molecule has 6 heteroatoms. The summed E-state index contributed by atoms with van der Waals surface area (Å²) in [6.45, 7) is 2.28. The summed E-state index contributed by atoms with van der Waals surface area (Å²) >= 11 is 0. The smallest absolute Gasteiger partial charge is 0.305 e. The molecule has 1 aromatic rings. The minimum atomic E-state index is -0.341. The average Bonchev–Trinajstić information content (AvgIpc) is 2.59. The summed E-state index contributed by atoms with van der Waals surface area (Å²) in [7, 11) is 1.37. The number of unbranched alkanes of at least 4 members (excludes halogenated alkanes) is 2. The number of hydrogen-bond donors (Lipinski definition) is 1. The molecule has 2 N–H and O–H groups in total. The summed E-state index contributed by atoms with van der Waals surface area (Å²) in [4.78, 5) is 21.8. The van der Waals surface area contributed by atoms with Crippen molar-refractivity contribution in [2.75, 3.05) is 13.7 Å². The molecule has 0 bridgehead atoms. The third-order valence-corrected chi connectivity index (χ3v) is 4.00. The van der Waals surface area contributed by atoms with Crippen LogP contribution in [0.15, 0.2) is 18.2 Å². The first-order chi connectivity index (χ1) is 11.9. The number of carbonyl (C=O) groups excluding carboxylic acids is 2. The Balaban J connectivity index is 2.41. The lowest BCUT2D eigenvalue weighted by Crippen LogP contribution is -2.15. The number of methoxy groups -OCH3 is 1. The van der Waals surface area contributed by atoms with Crippen molar-refractivity contribution in [1.29, 1.82) is 0 Å². The van der Waals surface area contributed by atoms with Crippen LogP contribution < -0.4 is 10.5 Å². The normalized spacial score (nSPS) is 11.8. The molecular weight excluding hydrogens is 325 g/mol. The van der Waals surface area contributed by atoms with E-state index in [4.69, 9.17) is 10.5 Å². The van der Waals surface area contributed by atoms with E-state index in [9.17, 15) is 14.0 Å². The molecule has 0 spiro atoms. The van der Waals surface area contributed by atoms with Crippen LogP contribution in [0.2, 0.25) is 0 Å². The molecule has 1 rings (SSSR count). The van der Waals surface area contributed by atoms with Gasteiger partial charge in [0.15, 0.2) is 11.6 Å². The molecule has 0 unspecified atom stereocenters. The van der Waals surface area contributed by atoms with E-state index in [1.807, 2.05) is 6.92 Å². The Labute approximate surface area is 148 Å². The molecule has 140 valence electrons. The maximum Gasteiger partial charge on any atom is 0.305 e. The number of aryl methyl sites for hydroxylation is 1. The number of ether oxygens (including phenoxy) is 2. The zero-order chi connectivity index (χ0) is 18.7. The molecular formula is C19H28FNO4. The van der Waals surface area contributed by atoms with Gasteiger partial charge in [0.2, 0.25) is 5.91 Å². The van der Waals surface area contributed by atoms with E-state index in [0.29, 0.717) is 37.9 Å². The first-order valence-electron chi connectivity index (χ1n) is 8.69. The third-order valence-electron chi connectivity index (χ3n) is 4.00. The zero-order valence-corrected chi connectivity index (χ0v) is 15.1. The Hall–Kier alpha value is -2.11. The monoisotopic (exact) mass is 353 g/mol. The molecule has 0 aromatic heterocycles. The topological polar surface area (TPSA) is 78.6 Å². The van der Waals surface area contributed by atoms with Crippen LogP contribution in [-0.2, 0) is 20.7 Å². The molecule has 0 aliphatic carbocycles. The van der Waals surface area contributed by atoms with Gasteiger partial charge in [-0.3, -0.25) is 9.59 Å². The SMILES string of the molecule is COC(=O)CCCCCc1cccc(OC[C@@H](C)CCC(N)=O)c1F. The predicted octanol–water partition coefficient (Wildman–Crippen LogP) is 3.38. The minimum Gasteiger partial charge on any atom is -0.490 e. The summed E-state index contributed by atoms with van der Waals surface area (Å²) in [5.74, 6) is -0.538. The second-order valence-electron chi connectivity index (χ2n) is 6.29. The number of esters is 1. The van der Waals surface area contributed by atoms with E-state index in [1.165, 1.54) is 7.11 Å². The van der Waals surface area contributed by atoms with Crippen molar-refractivity contribution in [3.63, 3.8) is 0 Å². The lowest BCUT2D eigenvalue weighted by Gasteiger charge is -2.14. The zero-order valence-electron chi connectivity index (χ0n) is 15.1. The molecule has 0 saturated heterocycles. The van der Waals surface area contributed by atoms with Gasteiger partial charge in [0, 0.05) is 12.8 Å². The number of halogens is 1. The van der Waals surface area contributed by atoms with Gasteiger partial charge in [-0.15, -0.1) is 0 Å². The van der Waals surface area contributed by atoms with Crippen LogP contribution in [0.5, 0.6) is 5.75 Å². The summed E-state index contributed by atoms with van der Waals surface area (Å²) in [6, 6.07) is 5.13. The fourth-order valence-corrected chi connectivity index (χ4v) is 2.43. The van der Waals surface area contributed by atoms with Crippen LogP contribution in [0.4, 0.5) is 4.39 Å². The van der Waals surface area contributed by atoms with E-state index in [1.54, 1.807) is 18.2 Å². The molecule has 5 nitrogen and oxygen atoms in total. The van der Waals surface area contributed by atoms with Gasteiger partial charge in [-0.05, 0) is 43.2 Å². The third kappa shape index (κ3) is 8.52. The Morgan fingerprint density at radius 2 is 1.96 bits per heavy atom. The van der Waals surface area contributed by atoms with Gasteiger partial charge in [0.1, 0.15) is 0 Å². The van der Waals surface area contributed by atoms with E-state index >= 15 is 0 Å². The number of nitrogens with two attached hydrogens (primary N) is 1. The van der Waals surface area contributed by atoms with Gasteiger partial charge in [-0.25, -0.2) is 4.39 Å². The Kier molecular flexibility index (Phi) is 9.58. The molecule has 1 atom stereocenters. The first kappa shape index (κ1) is 20.9. The second-order valence-corrected chi connectivity index (χ2v) is 6.29. The van der Waals surface area contributed by atoms with Crippen molar-refractivity contribution in [3.8, 4) is 5.75 Å². The fraction of sp³-hybridized carbons (Fsp3) is 0.579. The summed E-state index contributed by atoms with van der Waals surface area (Å²) in [5.41, 5.74) is 5.73. The van der Waals surface area contributed by atoms with Crippen LogP contribution in [0, 0.1) is 11.7 Å². The van der Waals surface area contributed by atoms with Crippen LogP contribution in [0.25, 0.3) is 0 Å². The molecule has 25 heavy (non-hydrogen) atoms. The predicted molar refractivity (Wildman–Crippen MR) is 93.7 cm³/mol. The summed E-state index contributed by atoms with van der Waals surface area (Å²) in [5, 5.41) is 0. The largest absolute Gasteiger partial charge is 0.490 e. The van der Waals surface area contributed by atoms with Crippen LogP contribution in [0.3, 0.4) is 0 Å². The highest BCUT2D eigenvalue weighted by Gasteiger charge is 2.11. The highest BCUT2D eigenvalue weighted by Crippen LogP contribution is 2.23. The maximum atomic E-state index is 14.5. The molecule has 1 amide bonds. The number of hydrogen-bond acceptors (Lipinski definition) is 4. The highest BCUT2D eigenvalue weighted by atomic mass is 19.1. The van der Waals surface area contributed by atoms with E-state index in [2.05, 4.69) is 4.74 Å². The van der Waals surface area contributed by atoms with Gasteiger partial charge >= 0.3 is 5.97 Å². The summed E-state index contributed by atoms with van der Waals surface area (Å²) in [6.07, 6.45) is 4.29. The highest BCUT2D eigenvalue weighted by molar-refractivity contribution is 5.73. The van der Waals surface area contributed by atoms with Gasteiger partial charge in [0.25, 0.3) is 0 Å². The quantitative estimate of drug-likeness (QED) is 0.461. The summed E-state index contributed by atoms with van der Waals surface area (Å²) < 4.78 is 24.6. The standard InChI is InChI=1S/C19H28FNO4/c1-14(11-12-17(21)22)13-25-16-9-6-8-15(19(16)20)7-4-3-5-10-18(23)24-2/h6,8-9,14H,3-5,7,10-13H2,1-2H3,(H2,21,22)/t14-/m0/s1. The number of primary amides is 1. The van der Waals surface area contributed by atoms with E-state index < -0.39 is 0 Å². The Morgan fingerprint density at radius 1 is 1.20 bits per heavy atom. The van der Waals surface area contributed by atoms with Crippen molar-refractivity contribution >= 4 is 11.9 Å². The molecule has 0 aliphatic rings. The maximum absolute atomic E-state index is 14.5. The van der Waals surface area contributed by atoms with Crippen molar-refractivity contribution in [3.05, 3.63) is 29.6 Å². The molecule has 1 aromatic carbocycles. The molecule has 0 fully saturated rings. The van der Waals surface area contributed by atoms with Gasteiger partial charge in [-0.1, -0.05) is 25.5 Å². The van der Waals surface area contributed by atoms with Crippen LogP contribution in [0.1, 0.15) is 51.0 Å². The molecule has 0 radical (unpaired) electrons. The fourth-order valence-electron chi connectivity index (χ4n) is 2.43. The van der Waals surface area contributed by atoms with Crippen LogP contribution >= 0.6 is 0 Å². The lowest BCUT2D eigenvalue weighted by molar-refractivity contribution is -0.140. The average molecular weight is 353 g/mol. The molecule has 0 heterocycles. The number of rotatable bonds is 12. The number of amides is 1. The van der Waals surface area contributed by atoms with Gasteiger partial charge in [0.05, 0.1) is 13.7 Å².